The Morgan fingerprint density at radius 2 is 1.50 bits per heavy atom. The fraction of sp³-hybridized carbons (Fsp3) is 0.533. The number of pyridine rings is 1. The number of halogens is 1. The molecule has 0 saturated carbocycles. The summed E-state index contributed by atoms with van der Waals surface area (Å²) in [6.45, 7) is 10.2. The number of rotatable bonds is 1. The lowest BCUT2D eigenvalue weighted by Gasteiger charge is -2.28. The van der Waals surface area contributed by atoms with Crippen molar-refractivity contribution in [3.8, 4) is 0 Å². The SMILES string of the molecule is CC(C)(C)OC(=O)N(C(=O)OC(C)(C)C)c1ccnc(Cl)c1. The van der Waals surface area contributed by atoms with Gasteiger partial charge in [-0.1, -0.05) is 11.6 Å². The highest BCUT2D eigenvalue weighted by Gasteiger charge is 2.32. The van der Waals surface area contributed by atoms with Crippen molar-refractivity contribution in [2.45, 2.75) is 52.7 Å². The van der Waals surface area contributed by atoms with E-state index in [2.05, 4.69) is 4.98 Å². The van der Waals surface area contributed by atoms with Crippen LogP contribution in [0, 0.1) is 0 Å². The van der Waals surface area contributed by atoms with Crippen LogP contribution in [0.15, 0.2) is 18.3 Å². The Bertz CT molecular complexity index is 533. The molecule has 0 aliphatic heterocycles. The summed E-state index contributed by atoms with van der Waals surface area (Å²) in [6, 6.07) is 2.86. The fourth-order valence-electron chi connectivity index (χ4n) is 1.43. The monoisotopic (exact) mass is 328 g/mol. The van der Waals surface area contributed by atoms with Crippen molar-refractivity contribution < 1.29 is 19.1 Å². The third-order valence-electron chi connectivity index (χ3n) is 2.12. The minimum absolute atomic E-state index is 0.148. The Hall–Kier alpha value is -1.82. The zero-order valence-electron chi connectivity index (χ0n) is 13.6. The molecule has 0 N–H and O–H groups in total. The Balaban J connectivity index is 3.15. The largest absolute Gasteiger partial charge is 0.443 e. The van der Waals surface area contributed by atoms with Gasteiger partial charge in [-0.25, -0.2) is 14.6 Å². The molecule has 0 bridgehead atoms. The maximum Gasteiger partial charge on any atom is 0.424 e. The summed E-state index contributed by atoms with van der Waals surface area (Å²) in [7, 11) is 0. The molecule has 1 aromatic rings. The number of hydrogen-bond donors (Lipinski definition) is 0. The number of carbonyl (C=O) groups is 2. The third-order valence-corrected chi connectivity index (χ3v) is 2.33. The number of anilines is 1. The lowest BCUT2D eigenvalue weighted by atomic mass is 10.2. The number of amides is 2. The van der Waals surface area contributed by atoms with Crippen LogP contribution in [-0.2, 0) is 9.47 Å². The highest BCUT2D eigenvalue weighted by atomic mass is 35.5. The van der Waals surface area contributed by atoms with Gasteiger partial charge < -0.3 is 9.47 Å². The van der Waals surface area contributed by atoms with Crippen LogP contribution >= 0.6 is 11.6 Å². The van der Waals surface area contributed by atoms with Gasteiger partial charge in [0.1, 0.15) is 16.4 Å². The van der Waals surface area contributed by atoms with Gasteiger partial charge in [0, 0.05) is 6.20 Å². The summed E-state index contributed by atoms with van der Waals surface area (Å²) in [5.74, 6) is 0. The van der Waals surface area contributed by atoms with E-state index in [9.17, 15) is 9.59 Å². The van der Waals surface area contributed by atoms with Crippen LogP contribution in [0.5, 0.6) is 0 Å². The topological polar surface area (TPSA) is 68.7 Å². The maximum absolute atomic E-state index is 12.3. The van der Waals surface area contributed by atoms with E-state index in [0.717, 1.165) is 4.90 Å². The van der Waals surface area contributed by atoms with Crippen LogP contribution < -0.4 is 4.90 Å². The molecular weight excluding hydrogens is 308 g/mol. The summed E-state index contributed by atoms with van der Waals surface area (Å²) < 4.78 is 10.5. The average Bonchev–Trinajstić information content (AvgIpc) is 2.23. The van der Waals surface area contributed by atoms with Crippen molar-refractivity contribution >= 4 is 29.5 Å². The predicted molar refractivity (Wildman–Crippen MR) is 84.2 cm³/mol. The molecule has 2 amide bonds. The second kappa shape index (κ2) is 6.52. The summed E-state index contributed by atoms with van der Waals surface area (Å²) in [5, 5.41) is 0.148. The molecule has 22 heavy (non-hydrogen) atoms. The summed E-state index contributed by atoms with van der Waals surface area (Å²) in [5.41, 5.74) is -1.29. The summed E-state index contributed by atoms with van der Waals surface area (Å²) >= 11 is 5.82. The van der Waals surface area contributed by atoms with Gasteiger partial charge in [-0.05, 0) is 53.7 Å². The van der Waals surface area contributed by atoms with Crippen molar-refractivity contribution in [3.05, 3.63) is 23.5 Å². The number of ether oxygens (including phenoxy) is 2. The molecule has 0 aliphatic rings. The Kier molecular flexibility index (Phi) is 5.40. The van der Waals surface area contributed by atoms with Gasteiger partial charge in [0.2, 0.25) is 0 Å². The number of aromatic nitrogens is 1. The maximum atomic E-state index is 12.3. The molecule has 0 radical (unpaired) electrons. The van der Waals surface area contributed by atoms with Crippen LogP contribution in [-0.4, -0.2) is 28.4 Å². The van der Waals surface area contributed by atoms with Crippen LogP contribution in [0.4, 0.5) is 15.3 Å². The third kappa shape index (κ3) is 5.89. The van der Waals surface area contributed by atoms with Crippen molar-refractivity contribution in [1.29, 1.82) is 0 Å². The van der Waals surface area contributed by atoms with Crippen LogP contribution in [0.1, 0.15) is 41.5 Å². The van der Waals surface area contributed by atoms with E-state index in [1.165, 1.54) is 18.3 Å². The predicted octanol–water partition coefficient (Wildman–Crippen LogP) is 4.41. The number of hydrogen-bond acceptors (Lipinski definition) is 5. The average molecular weight is 329 g/mol. The summed E-state index contributed by atoms with van der Waals surface area (Å²) in [6.07, 6.45) is -0.299. The molecular formula is C15H21ClN2O4. The zero-order valence-corrected chi connectivity index (χ0v) is 14.4. The van der Waals surface area contributed by atoms with E-state index in [0.29, 0.717) is 0 Å². The smallest absolute Gasteiger partial charge is 0.424 e. The highest BCUT2D eigenvalue weighted by Crippen LogP contribution is 2.23. The second-order valence-corrected chi connectivity index (χ2v) is 7.02. The quantitative estimate of drug-likeness (QED) is 0.714. The first kappa shape index (κ1) is 18.2. The Morgan fingerprint density at radius 3 is 1.86 bits per heavy atom. The number of nitrogens with zero attached hydrogens (tertiary/aromatic N) is 2. The van der Waals surface area contributed by atoms with Crippen LogP contribution in [0.2, 0.25) is 5.15 Å². The minimum atomic E-state index is -0.844. The lowest BCUT2D eigenvalue weighted by molar-refractivity contribution is 0.0431. The van der Waals surface area contributed by atoms with Gasteiger partial charge in [-0.15, -0.1) is 0 Å². The molecule has 0 unspecified atom stereocenters. The second-order valence-electron chi connectivity index (χ2n) is 6.63. The highest BCUT2D eigenvalue weighted by molar-refractivity contribution is 6.29. The lowest BCUT2D eigenvalue weighted by Crippen LogP contribution is -2.43. The van der Waals surface area contributed by atoms with Gasteiger partial charge in [0.25, 0.3) is 0 Å². The van der Waals surface area contributed by atoms with E-state index in [1.54, 1.807) is 41.5 Å². The Morgan fingerprint density at radius 1 is 1.05 bits per heavy atom. The first-order chi connectivity index (χ1) is 9.89. The van der Waals surface area contributed by atoms with E-state index in [1.807, 2.05) is 0 Å². The molecule has 0 aromatic carbocycles. The van der Waals surface area contributed by atoms with Gasteiger partial charge in [-0.2, -0.15) is 4.90 Å². The Labute approximate surface area is 135 Å². The first-order valence-corrected chi connectivity index (χ1v) is 7.14. The van der Waals surface area contributed by atoms with Crippen molar-refractivity contribution in [3.63, 3.8) is 0 Å². The molecule has 0 spiro atoms. The van der Waals surface area contributed by atoms with Crippen molar-refractivity contribution in [1.82, 2.24) is 4.98 Å². The minimum Gasteiger partial charge on any atom is -0.443 e. The molecule has 1 aromatic heterocycles. The molecule has 1 heterocycles. The normalized spacial score (nSPS) is 11.8. The fourth-order valence-corrected chi connectivity index (χ4v) is 1.60. The van der Waals surface area contributed by atoms with Crippen molar-refractivity contribution in [2.75, 3.05) is 4.90 Å². The van der Waals surface area contributed by atoms with E-state index in [4.69, 9.17) is 21.1 Å². The molecule has 0 fully saturated rings. The van der Waals surface area contributed by atoms with Gasteiger partial charge in [0.05, 0.1) is 5.69 Å². The molecule has 122 valence electrons. The van der Waals surface area contributed by atoms with Gasteiger partial charge in [0.15, 0.2) is 0 Å². The molecule has 6 nitrogen and oxygen atoms in total. The standard InChI is InChI=1S/C15H21ClN2O4/c1-14(2,3)21-12(19)18(13(20)22-15(4,5)6)10-7-8-17-11(16)9-10/h7-9H,1-6H3. The van der Waals surface area contributed by atoms with Crippen molar-refractivity contribution in [2.24, 2.45) is 0 Å². The van der Waals surface area contributed by atoms with E-state index >= 15 is 0 Å². The molecule has 7 heteroatoms. The van der Waals surface area contributed by atoms with E-state index in [-0.39, 0.29) is 10.8 Å². The molecule has 0 aliphatic carbocycles. The summed E-state index contributed by atoms with van der Waals surface area (Å²) in [4.78, 5) is 29.3. The molecule has 1 rings (SSSR count). The van der Waals surface area contributed by atoms with Crippen LogP contribution in [0.3, 0.4) is 0 Å². The first-order valence-electron chi connectivity index (χ1n) is 6.77. The van der Waals surface area contributed by atoms with Crippen LogP contribution in [0.25, 0.3) is 0 Å². The van der Waals surface area contributed by atoms with E-state index < -0.39 is 23.4 Å². The number of imide groups is 1. The molecule has 0 atom stereocenters. The number of carbonyl (C=O) groups excluding carboxylic acids is 2. The zero-order chi connectivity index (χ0) is 17.1. The van der Waals surface area contributed by atoms with Gasteiger partial charge in [-0.3, -0.25) is 0 Å². The van der Waals surface area contributed by atoms with Gasteiger partial charge >= 0.3 is 12.2 Å². The molecule has 0 saturated heterocycles.